The number of hydrogen-bond acceptors (Lipinski definition) is 5. The maximum atomic E-state index is 13.2. The molecular weight excluding hydrogens is 352 g/mol. The van der Waals surface area contributed by atoms with Crippen molar-refractivity contribution in [3.8, 4) is 0 Å². The van der Waals surface area contributed by atoms with Crippen molar-refractivity contribution < 1.29 is 13.2 Å². The highest BCUT2D eigenvalue weighted by Gasteiger charge is 2.44. The van der Waals surface area contributed by atoms with E-state index in [1.807, 2.05) is 30.3 Å². The van der Waals surface area contributed by atoms with Gasteiger partial charge in [-0.2, -0.15) is 4.31 Å². The van der Waals surface area contributed by atoms with Crippen molar-refractivity contribution in [1.82, 2.24) is 19.1 Å². The molecule has 1 aromatic carbocycles. The molecule has 0 aliphatic carbocycles. The first-order chi connectivity index (χ1) is 12.6. The van der Waals surface area contributed by atoms with Crippen LogP contribution in [0.2, 0.25) is 0 Å². The van der Waals surface area contributed by atoms with Crippen LogP contribution < -0.4 is 0 Å². The van der Waals surface area contributed by atoms with Gasteiger partial charge < -0.3 is 9.30 Å². The highest BCUT2D eigenvalue weighted by molar-refractivity contribution is 7.88. The Balaban J connectivity index is 1.59. The number of nitrogens with zero attached hydrogens (tertiary/aromatic N) is 4. The fourth-order valence-electron chi connectivity index (χ4n) is 4.15. The summed E-state index contributed by atoms with van der Waals surface area (Å²) in [6, 6.07) is 9.36. The number of fused-ring (bicyclic) bond motifs is 3. The molecule has 2 aromatic rings. The summed E-state index contributed by atoms with van der Waals surface area (Å²) in [6.07, 6.45) is 3.10. The Kier molecular flexibility index (Phi) is 4.81. The van der Waals surface area contributed by atoms with Crippen molar-refractivity contribution in [2.75, 3.05) is 13.7 Å². The van der Waals surface area contributed by atoms with Gasteiger partial charge in [0.25, 0.3) is 0 Å². The zero-order valence-electron chi connectivity index (χ0n) is 14.9. The molecule has 140 valence electrons. The summed E-state index contributed by atoms with van der Waals surface area (Å²) < 4.78 is 35.3. The molecule has 2 atom stereocenters. The second-order valence-electron chi connectivity index (χ2n) is 7.05. The lowest BCUT2D eigenvalue weighted by Crippen LogP contribution is -2.42. The Hall–Kier alpha value is -1.77. The van der Waals surface area contributed by atoms with Crippen molar-refractivity contribution in [3.63, 3.8) is 0 Å². The van der Waals surface area contributed by atoms with E-state index in [0.717, 1.165) is 30.1 Å². The zero-order valence-corrected chi connectivity index (χ0v) is 15.7. The summed E-state index contributed by atoms with van der Waals surface area (Å²) in [5.41, 5.74) is 0.830. The number of hydrogen-bond donors (Lipinski definition) is 0. The summed E-state index contributed by atoms with van der Waals surface area (Å²) in [7, 11) is -1.71. The van der Waals surface area contributed by atoms with Gasteiger partial charge in [0.1, 0.15) is 11.6 Å². The van der Waals surface area contributed by atoms with Gasteiger partial charge in [0, 0.05) is 38.6 Å². The molecule has 4 rings (SSSR count). The van der Waals surface area contributed by atoms with Gasteiger partial charge in [-0.05, 0) is 18.4 Å². The van der Waals surface area contributed by atoms with Gasteiger partial charge >= 0.3 is 0 Å². The molecule has 0 amide bonds. The summed E-state index contributed by atoms with van der Waals surface area (Å²) >= 11 is 0. The van der Waals surface area contributed by atoms with E-state index in [2.05, 4.69) is 14.8 Å². The van der Waals surface area contributed by atoms with Crippen LogP contribution in [-0.4, -0.2) is 53.3 Å². The van der Waals surface area contributed by atoms with Crippen LogP contribution >= 0.6 is 0 Å². The van der Waals surface area contributed by atoms with Crippen LogP contribution in [-0.2, 0) is 39.9 Å². The van der Waals surface area contributed by atoms with E-state index in [1.54, 1.807) is 11.4 Å². The third-order valence-electron chi connectivity index (χ3n) is 5.31. The van der Waals surface area contributed by atoms with Crippen LogP contribution in [0.1, 0.15) is 30.1 Å². The molecule has 1 saturated heterocycles. The minimum Gasteiger partial charge on any atom is -0.384 e. The third kappa shape index (κ3) is 3.28. The largest absolute Gasteiger partial charge is 0.384 e. The Labute approximate surface area is 154 Å². The smallest absolute Gasteiger partial charge is 0.218 e. The Morgan fingerprint density at radius 3 is 2.69 bits per heavy atom. The number of ether oxygens (including phenoxy) is 1. The van der Waals surface area contributed by atoms with Crippen LogP contribution in [0.15, 0.2) is 30.3 Å². The minimum atomic E-state index is -3.37. The summed E-state index contributed by atoms with van der Waals surface area (Å²) in [6.45, 7) is 1.22. The van der Waals surface area contributed by atoms with Crippen LogP contribution in [0, 0.1) is 0 Å². The molecule has 2 bridgehead atoms. The first-order valence-corrected chi connectivity index (χ1v) is 10.6. The molecule has 1 aromatic heterocycles. The molecule has 0 spiro atoms. The van der Waals surface area contributed by atoms with Crippen LogP contribution in [0.4, 0.5) is 0 Å². The molecule has 0 radical (unpaired) electrons. The third-order valence-corrected chi connectivity index (χ3v) is 7.25. The monoisotopic (exact) mass is 376 g/mol. The van der Waals surface area contributed by atoms with Gasteiger partial charge in [0.15, 0.2) is 0 Å². The lowest BCUT2D eigenvalue weighted by atomic mass is 10.1. The second kappa shape index (κ2) is 7.09. The fraction of sp³-hybridized carbons (Fsp3) is 0.556. The van der Waals surface area contributed by atoms with Crippen molar-refractivity contribution >= 4 is 10.0 Å². The van der Waals surface area contributed by atoms with Crippen LogP contribution in [0.5, 0.6) is 0 Å². The van der Waals surface area contributed by atoms with E-state index >= 15 is 0 Å². The summed E-state index contributed by atoms with van der Waals surface area (Å²) in [5, 5.41) is 8.62. The molecule has 26 heavy (non-hydrogen) atoms. The standard InChI is InChI=1S/C18H24N4O3S/c1-25-10-9-17-19-20-18-11-15-7-8-16(12-21(17)18)22(15)26(23,24)13-14-5-3-2-4-6-14/h2-6,15-16H,7-13H2,1H3. The highest BCUT2D eigenvalue weighted by Crippen LogP contribution is 2.34. The summed E-state index contributed by atoms with van der Waals surface area (Å²) in [5.74, 6) is 1.83. The Morgan fingerprint density at radius 1 is 1.15 bits per heavy atom. The van der Waals surface area contributed by atoms with Crippen molar-refractivity contribution in [1.29, 1.82) is 0 Å². The fourth-order valence-corrected chi connectivity index (χ4v) is 6.17. The van der Waals surface area contributed by atoms with Crippen molar-refractivity contribution in [2.45, 2.75) is 50.1 Å². The number of methoxy groups -OCH3 is 1. The van der Waals surface area contributed by atoms with E-state index in [9.17, 15) is 8.42 Å². The SMILES string of the molecule is COCCc1nnc2n1CC1CCC(C2)N1S(=O)(=O)Cc1ccccc1. The number of rotatable bonds is 6. The quantitative estimate of drug-likeness (QED) is 0.761. The Bertz CT molecular complexity index is 866. The molecule has 8 heteroatoms. The van der Waals surface area contributed by atoms with Crippen LogP contribution in [0.3, 0.4) is 0 Å². The predicted molar refractivity (Wildman–Crippen MR) is 97.0 cm³/mol. The predicted octanol–water partition coefficient (Wildman–Crippen LogP) is 1.39. The number of sulfonamides is 1. The number of aromatic nitrogens is 3. The van der Waals surface area contributed by atoms with Crippen LogP contribution in [0.25, 0.3) is 0 Å². The molecule has 0 N–H and O–H groups in total. The van der Waals surface area contributed by atoms with Crippen molar-refractivity contribution in [3.05, 3.63) is 47.5 Å². The average molecular weight is 376 g/mol. The van der Waals surface area contributed by atoms with E-state index < -0.39 is 10.0 Å². The summed E-state index contributed by atoms with van der Waals surface area (Å²) in [4.78, 5) is 0. The van der Waals surface area contributed by atoms with E-state index in [1.165, 1.54) is 0 Å². The van der Waals surface area contributed by atoms with Gasteiger partial charge in [0.05, 0.1) is 12.4 Å². The van der Waals surface area contributed by atoms with Gasteiger partial charge in [-0.1, -0.05) is 30.3 Å². The number of benzene rings is 1. The maximum Gasteiger partial charge on any atom is 0.218 e. The molecule has 7 nitrogen and oxygen atoms in total. The first-order valence-electron chi connectivity index (χ1n) is 9.03. The van der Waals surface area contributed by atoms with Crippen molar-refractivity contribution in [2.24, 2.45) is 0 Å². The highest BCUT2D eigenvalue weighted by atomic mass is 32.2. The molecule has 3 heterocycles. The first kappa shape index (κ1) is 17.6. The van der Waals surface area contributed by atoms with Gasteiger partial charge in [-0.3, -0.25) is 0 Å². The molecule has 2 aliphatic heterocycles. The van der Waals surface area contributed by atoms with E-state index in [-0.39, 0.29) is 17.8 Å². The van der Waals surface area contributed by atoms with E-state index in [4.69, 9.17) is 4.74 Å². The molecule has 2 unspecified atom stereocenters. The molecular formula is C18H24N4O3S. The maximum absolute atomic E-state index is 13.2. The van der Waals surface area contributed by atoms with Gasteiger partial charge in [-0.15, -0.1) is 10.2 Å². The average Bonchev–Trinajstić information content (AvgIpc) is 3.13. The molecule has 0 saturated carbocycles. The second-order valence-corrected chi connectivity index (χ2v) is 8.92. The zero-order chi connectivity index (χ0) is 18.1. The lowest BCUT2D eigenvalue weighted by Gasteiger charge is -2.27. The Morgan fingerprint density at radius 2 is 1.92 bits per heavy atom. The van der Waals surface area contributed by atoms with Gasteiger partial charge in [-0.25, -0.2) is 8.42 Å². The van der Waals surface area contributed by atoms with E-state index in [0.29, 0.717) is 26.0 Å². The molecule has 1 fully saturated rings. The topological polar surface area (TPSA) is 77.3 Å². The van der Waals surface area contributed by atoms with Gasteiger partial charge in [0.2, 0.25) is 10.0 Å². The lowest BCUT2D eigenvalue weighted by molar-refractivity contribution is 0.199. The minimum absolute atomic E-state index is 0.0190. The normalized spacial score (nSPS) is 23.0. The molecule has 2 aliphatic rings.